The number of ether oxygens (including phenoxy) is 1. The highest BCUT2D eigenvalue weighted by molar-refractivity contribution is 5.72. The molecule has 17 heavy (non-hydrogen) atoms. The lowest BCUT2D eigenvalue weighted by Gasteiger charge is -2.54. The fourth-order valence-corrected chi connectivity index (χ4v) is 3.36. The van der Waals surface area contributed by atoms with Gasteiger partial charge in [0, 0.05) is 17.6 Å². The highest BCUT2D eigenvalue weighted by Crippen LogP contribution is 2.41. The van der Waals surface area contributed by atoms with Gasteiger partial charge in [0.15, 0.2) is 0 Å². The molecule has 1 N–H and O–H groups in total. The molecular weight excluding hydrogens is 218 g/mol. The number of methoxy groups -OCH3 is 1. The van der Waals surface area contributed by atoms with Gasteiger partial charge < -0.3 is 9.84 Å². The van der Waals surface area contributed by atoms with E-state index in [1.807, 2.05) is 0 Å². The fraction of sp³-hybridized carbons (Fsp3) is 0.923. The van der Waals surface area contributed by atoms with Gasteiger partial charge in [0.25, 0.3) is 0 Å². The second-order valence-corrected chi connectivity index (χ2v) is 6.13. The standard InChI is InChI=1S/C13H25NO3/c1-12(2)8-10(11(16)17-5)9-13(3,4)14(12)6-7-15/h10,15H,6-9H2,1-5H3. The van der Waals surface area contributed by atoms with Crippen LogP contribution in [0.3, 0.4) is 0 Å². The molecule has 4 nitrogen and oxygen atoms in total. The first-order valence-corrected chi connectivity index (χ1v) is 6.21. The second kappa shape index (κ2) is 4.94. The van der Waals surface area contributed by atoms with Gasteiger partial charge in [-0.25, -0.2) is 0 Å². The maximum absolute atomic E-state index is 11.7. The Bertz CT molecular complexity index is 268. The Balaban J connectivity index is 2.92. The predicted molar refractivity (Wildman–Crippen MR) is 66.7 cm³/mol. The van der Waals surface area contributed by atoms with E-state index in [0.29, 0.717) is 6.54 Å². The van der Waals surface area contributed by atoms with Crippen LogP contribution in [-0.2, 0) is 9.53 Å². The Kier molecular flexibility index (Phi) is 4.20. The molecule has 1 saturated heterocycles. The Labute approximate surface area is 104 Å². The molecule has 4 heteroatoms. The average molecular weight is 243 g/mol. The van der Waals surface area contributed by atoms with Crippen LogP contribution in [0, 0.1) is 5.92 Å². The Morgan fingerprint density at radius 3 is 2.12 bits per heavy atom. The van der Waals surface area contributed by atoms with Crippen LogP contribution in [0.15, 0.2) is 0 Å². The zero-order chi connectivity index (χ0) is 13.3. The monoisotopic (exact) mass is 243 g/mol. The largest absolute Gasteiger partial charge is 0.469 e. The number of piperidine rings is 1. The van der Waals surface area contributed by atoms with Crippen molar-refractivity contribution >= 4 is 5.97 Å². The van der Waals surface area contributed by atoms with Crippen molar-refractivity contribution in [1.82, 2.24) is 4.90 Å². The Hall–Kier alpha value is -0.610. The summed E-state index contributed by atoms with van der Waals surface area (Å²) in [5.41, 5.74) is -0.188. The summed E-state index contributed by atoms with van der Waals surface area (Å²) in [4.78, 5) is 14.0. The number of likely N-dealkylation sites (tertiary alicyclic amines) is 1. The number of aliphatic hydroxyl groups is 1. The minimum absolute atomic E-state index is 0.0417. The molecule has 0 amide bonds. The molecule has 0 aliphatic carbocycles. The lowest BCUT2D eigenvalue weighted by Crippen LogP contribution is -2.62. The van der Waals surface area contributed by atoms with Gasteiger partial charge in [0.1, 0.15) is 0 Å². The third kappa shape index (κ3) is 2.99. The van der Waals surface area contributed by atoms with Gasteiger partial charge in [-0.1, -0.05) is 0 Å². The van der Waals surface area contributed by atoms with Gasteiger partial charge in [0.2, 0.25) is 0 Å². The van der Waals surface area contributed by atoms with Crippen LogP contribution in [0.4, 0.5) is 0 Å². The molecule has 0 bridgehead atoms. The van der Waals surface area contributed by atoms with Crippen molar-refractivity contribution in [2.24, 2.45) is 5.92 Å². The molecule has 100 valence electrons. The van der Waals surface area contributed by atoms with Crippen LogP contribution in [0.1, 0.15) is 40.5 Å². The number of aliphatic hydroxyl groups excluding tert-OH is 1. The molecule has 1 aliphatic heterocycles. The first kappa shape index (κ1) is 14.5. The first-order valence-electron chi connectivity index (χ1n) is 6.21. The maximum Gasteiger partial charge on any atom is 0.308 e. The van der Waals surface area contributed by atoms with E-state index in [0.717, 1.165) is 12.8 Å². The van der Waals surface area contributed by atoms with Crippen molar-refractivity contribution in [2.75, 3.05) is 20.3 Å². The van der Waals surface area contributed by atoms with Crippen LogP contribution in [0.25, 0.3) is 0 Å². The third-order valence-electron chi connectivity index (χ3n) is 3.81. The van der Waals surface area contributed by atoms with E-state index in [9.17, 15) is 9.90 Å². The van der Waals surface area contributed by atoms with E-state index in [2.05, 4.69) is 32.6 Å². The van der Waals surface area contributed by atoms with Crippen molar-refractivity contribution in [3.8, 4) is 0 Å². The topological polar surface area (TPSA) is 49.8 Å². The summed E-state index contributed by atoms with van der Waals surface area (Å²) >= 11 is 0. The molecular formula is C13H25NO3. The maximum atomic E-state index is 11.7. The summed E-state index contributed by atoms with van der Waals surface area (Å²) in [5, 5.41) is 9.17. The summed E-state index contributed by atoms with van der Waals surface area (Å²) in [7, 11) is 1.45. The second-order valence-electron chi connectivity index (χ2n) is 6.13. The van der Waals surface area contributed by atoms with Crippen molar-refractivity contribution < 1.29 is 14.6 Å². The van der Waals surface area contributed by atoms with E-state index in [4.69, 9.17) is 4.74 Å². The van der Waals surface area contributed by atoms with Crippen LogP contribution in [0.5, 0.6) is 0 Å². The summed E-state index contributed by atoms with van der Waals surface area (Å²) in [6.07, 6.45) is 1.56. The van der Waals surface area contributed by atoms with E-state index in [1.54, 1.807) is 0 Å². The molecule has 0 spiro atoms. The van der Waals surface area contributed by atoms with E-state index >= 15 is 0 Å². The van der Waals surface area contributed by atoms with Crippen molar-refractivity contribution in [3.63, 3.8) is 0 Å². The number of β-amino-alcohol motifs (C(OH)–C–C–N with tert-alkyl or cyclic N) is 1. The van der Waals surface area contributed by atoms with Crippen molar-refractivity contribution in [3.05, 3.63) is 0 Å². The quantitative estimate of drug-likeness (QED) is 0.762. The summed E-state index contributed by atoms with van der Waals surface area (Å²) in [5.74, 6) is -0.158. The van der Waals surface area contributed by atoms with Crippen molar-refractivity contribution in [2.45, 2.75) is 51.6 Å². The third-order valence-corrected chi connectivity index (χ3v) is 3.81. The molecule has 1 fully saturated rings. The van der Waals surface area contributed by atoms with Crippen LogP contribution in [0.2, 0.25) is 0 Å². The predicted octanol–water partition coefficient (Wildman–Crippen LogP) is 1.42. The SMILES string of the molecule is COC(=O)C1CC(C)(C)N(CCO)C(C)(C)C1. The minimum Gasteiger partial charge on any atom is -0.469 e. The molecule has 1 heterocycles. The molecule has 1 aliphatic rings. The van der Waals surface area contributed by atoms with Gasteiger partial charge in [-0.05, 0) is 40.5 Å². The molecule has 0 aromatic rings. The zero-order valence-corrected chi connectivity index (χ0v) is 11.6. The number of carbonyl (C=O) groups is 1. The smallest absolute Gasteiger partial charge is 0.308 e. The average Bonchev–Trinajstić information content (AvgIpc) is 2.21. The van der Waals surface area contributed by atoms with Crippen LogP contribution in [-0.4, -0.2) is 47.3 Å². The number of esters is 1. The van der Waals surface area contributed by atoms with Gasteiger partial charge in [-0.15, -0.1) is 0 Å². The molecule has 0 radical (unpaired) electrons. The summed E-state index contributed by atoms with van der Waals surface area (Å²) < 4.78 is 4.86. The molecule has 0 aromatic heterocycles. The van der Waals surface area contributed by atoms with Gasteiger partial charge >= 0.3 is 5.97 Å². The van der Waals surface area contributed by atoms with E-state index in [-0.39, 0.29) is 29.6 Å². The number of hydrogen-bond donors (Lipinski definition) is 1. The highest BCUT2D eigenvalue weighted by Gasteiger charge is 2.47. The summed E-state index contributed by atoms with van der Waals surface area (Å²) in [6, 6.07) is 0. The molecule has 0 unspecified atom stereocenters. The lowest BCUT2D eigenvalue weighted by molar-refractivity contribution is -0.154. The van der Waals surface area contributed by atoms with Crippen molar-refractivity contribution in [1.29, 1.82) is 0 Å². The first-order chi connectivity index (χ1) is 7.74. The highest BCUT2D eigenvalue weighted by atomic mass is 16.5. The number of rotatable bonds is 3. The van der Waals surface area contributed by atoms with Crippen LogP contribution >= 0.6 is 0 Å². The molecule has 0 saturated carbocycles. The minimum atomic E-state index is -0.116. The lowest BCUT2D eigenvalue weighted by atomic mass is 9.73. The normalized spacial score (nSPS) is 24.6. The zero-order valence-electron chi connectivity index (χ0n) is 11.6. The summed E-state index contributed by atoms with van der Waals surface area (Å²) in [6.45, 7) is 9.29. The number of hydrogen-bond acceptors (Lipinski definition) is 4. The van der Waals surface area contributed by atoms with Crippen LogP contribution < -0.4 is 0 Å². The number of carbonyl (C=O) groups excluding carboxylic acids is 1. The van der Waals surface area contributed by atoms with E-state index < -0.39 is 0 Å². The van der Waals surface area contributed by atoms with Gasteiger partial charge in [-0.3, -0.25) is 9.69 Å². The van der Waals surface area contributed by atoms with E-state index in [1.165, 1.54) is 7.11 Å². The molecule has 1 rings (SSSR count). The Morgan fingerprint density at radius 2 is 1.76 bits per heavy atom. The van der Waals surface area contributed by atoms with Gasteiger partial charge in [0.05, 0.1) is 19.6 Å². The molecule has 0 aromatic carbocycles. The number of nitrogens with zero attached hydrogens (tertiary/aromatic N) is 1. The molecule has 0 atom stereocenters. The fourth-order valence-electron chi connectivity index (χ4n) is 3.36. The van der Waals surface area contributed by atoms with Gasteiger partial charge in [-0.2, -0.15) is 0 Å². The Morgan fingerprint density at radius 1 is 1.29 bits per heavy atom.